The summed E-state index contributed by atoms with van der Waals surface area (Å²) in [6, 6.07) is 6.27. The van der Waals surface area contributed by atoms with Gasteiger partial charge in [-0.15, -0.1) is 0 Å². The van der Waals surface area contributed by atoms with Gasteiger partial charge < -0.3 is 10.2 Å². The van der Waals surface area contributed by atoms with Gasteiger partial charge >= 0.3 is 6.03 Å². The van der Waals surface area contributed by atoms with Crippen LogP contribution in [0.3, 0.4) is 0 Å². The number of fused-ring (bicyclic) bond motifs is 1. The summed E-state index contributed by atoms with van der Waals surface area (Å²) in [7, 11) is 0. The summed E-state index contributed by atoms with van der Waals surface area (Å²) in [4.78, 5) is 19.0. The first-order valence-electron chi connectivity index (χ1n) is 8.79. The van der Waals surface area contributed by atoms with Crippen LogP contribution < -0.4 is 5.32 Å². The molecular formula is C18H23N5O. The Kier molecular flexibility index (Phi) is 4.19. The molecule has 0 aromatic carbocycles. The quantitative estimate of drug-likeness (QED) is 0.943. The van der Waals surface area contributed by atoms with Gasteiger partial charge in [-0.2, -0.15) is 5.10 Å². The number of amides is 2. The number of piperidine rings is 1. The zero-order chi connectivity index (χ0) is 16.4. The van der Waals surface area contributed by atoms with Gasteiger partial charge in [0, 0.05) is 25.0 Å². The van der Waals surface area contributed by atoms with Crippen LogP contribution in [0.15, 0.2) is 36.8 Å². The SMILES string of the molecule is O=C(Nc1cnn(Cc2ccccn2)c1)N1CCC[C@@H]2CCC[C@H]21. The van der Waals surface area contributed by atoms with Crippen molar-refractivity contribution < 1.29 is 4.79 Å². The highest BCUT2D eigenvalue weighted by atomic mass is 16.2. The molecule has 6 heteroatoms. The number of hydrogen-bond acceptors (Lipinski definition) is 3. The minimum atomic E-state index is 0.0176. The van der Waals surface area contributed by atoms with E-state index in [-0.39, 0.29) is 6.03 Å². The molecule has 1 N–H and O–H groups in total. The van der Waals surface area contributed by atoms with Crippen molar-refractivity contribution >= 4 is 11.7 Å². The Labute approximate surface area is 141 Å². The molecule has 126 valence electrons. The summed E-state index contributed by atoms with van der Waals surface area (Å²) < 4.78 is 1.80. The Balaban J connectivity index is 1.39. The van der Waals surface area contributed by atoms with Crippen molar-refractivity contribution in [1.29, 1.82) is 0 Å². The Morgan fingerprint density at radius 3 is 3.04 bits per heavy atom. The fourth-order valence-electron chi connectivity index (χ4n) is 4.07. The average Bonchev–Trinajstić information content (AvgIpc) is 3.24. The topological polar surface area (TPSA) is 63.1 Å². The van der Waals surface area contributed by atoms with Crippen LogP contribution in [0.25, 0.3) is 0 Å². The van der Waals surface area contributed by atoms with Gasteiger partial charge in [-0.3, -0.25) is 9.67 Å². The van der Waals surface area contributed by atoms with Gasteiger partial charge in [0.2, 0.25) is 0 Å². The molecule has 1 saturated carbocycles. The summed E-state index contributed by atoms with van der Waals surface area (Å²) in [5.41, 5.74) is 1.69. The fraction of sp³-hybridized carbons (Fsp3) is 0.500. The number of carbonyl (C=O) groups is 1. The Morgan fingerprint density at radius 2 is 2.17 bits per heavy atom. The third kappa shape index (κ3) is 3.13. The fourth-order valence-corrected chi connectivity index (χ4v) is 4.07. The molecule has 2 aromatic rings. The van der Waals surface area contributed by atoms with Crippen LogP contribution in [0, 0.1) is 5.92 Å². The molecule has 1 aliphatic heterocycles. The molecule has 4 rings (SSSR count). The third-order valence-electron chi connectivity index (χ3n) is 5.19. The number of anilines is 1. The molecule has 2 aliphatic rings. The van der Waals surface area contributed by atoms with Crippen molar-refractivity contribution in [1.82, 2.24) is 19.7 Å². The number of likely N-dealkylation sites (tertiary alicyclic amines) is 1. The van der Waals surface area contributed by atoms with E-state index in [0.717, 1.165) is 30.8 Å². The van der Waals surface area contributed by atoms with Crippen LogP contribution in [0.1, 0.15) is 37.8 Å². The van der Waals surface area contributed by atoms with Crippen LogP contribution in [0.4, 0.5) is 10.5 Å². The Bertz CT molecular complexity index is 698. The van der Waals surface area contributed by atoms with E-state index in [1.165, 1.54) is 19.3 Å². The predicted molar refractivity (Wildman–Crippen MR) is 91.7 cm³/mol. The molecule has 2 fully saturated rings. The lowest BCUT2D eigenvalue weighted by molar-refractivity contribution is 0.138. The Hall–Kier alpha value is -2.37. The van der Waals surface area contributed by atoms with Gasteiger partial charge in [-0.05, 0) is 43.7 Å². The second-order valence-corrected chi connectivity index (χ2v) is 6.77. The first-order valence-corrected chi connectivity index (χ1v) is 8.79. The highest BCUT2D eigenvalue weighted by molar-refractivity contribution is 5.89. The molecule has 0 unspecified atom stereocenters. The van der Waals surface area contributed by atoms with Crippen LogP contribution >= 0.6 is 0 Å². The summed E-state index contributed by atoms with van der Waals surface area (Å²) in [5.74, 6) is 0.705. The lowest BCUT2D eigenvalue weighted by atomic mass is 9.92. The number of urea groups is 1. The number of nitrogens with zero attached hydrogens (tertiary/aromatic N) is 4. The second-order valence-electron chi connectivity index (χ2n) is 6.77. The number of carbonyl (C=O) groups excluding carboxylic acids is 1. The lowest BCUT2D eigenvalue weighted by Gasteiger charge is -2.37. The number of nitrogens with one attached hydrogen (secondary N) is 1. The zero-order valence-corrected chi connectivity index (χ0v) is 13.8. The molecule has 0 bridgehead atoms. The van der Waals surface area contributed by atoms with E-state index in [0.29, 0.717) is 18.5 Å². The van der Waals surface area contributed by atoms with Crippen molar-refractivity contribution in [2.45, 2.75) is 44.7 Å². The number of pyridine rings is 1. The van der Waals surface area contributed by atoms with E-state index in [1.54, 1.807) is 17.1 Å². The van der Waals surface area contributed by atoms with Crippen molar-refractivity contribution in [2.75, 3.05) is 11.9 Å². The molecule has 1 aliphatic carbocycles. The molecule has 2 aromatic heterocycles. The zero-order valence-electron chi connectivity index (χ0n) is 13.8. The molecule has 0 spiro atoms. The van der Waals surface area contributed by atoms with E-state index >= 15 is 0 Å². The molecule has 3 heterocycles. The van der Waals surface area contributed by atoms with Gasteiger partial charge in [-0.1, -0.05) is 12.5 Å². The van der Waals surface area contributed by atoms with Crippen LogP contribution in [-0.4, -0.2) is 38.3 Å². The normalized spacial score (nSPS) is 23.1. The van der Waals surface area contributed by atoms with Crippen molar-refractivity contribution in [2.24, 2.45) is 5.92 Å². The van der Waals surface area contributed by atoms with Gasteiger partial charge in [0.1, 0.15) is 0 Å². The minimum absolute atomic E-state index is 0.0176. The smallest absolute Gasteiger partial charge is 0.321 e. The first-order chi connectivity index (χ1) is 11.8. The Morgan fingerprint density at radius 1 is 1.25 bits per heavy atom. The van der Waals surface area contributed by atoms with E-state index in [1.807, 2.05) is 29.3 Å². The van der Waals surface area contributed by atoms with E-state index < -0.39 is 0 Å². The molecule has 1 saturated heterocycles. The maximum absolute atomic E-state index is 12.6. The molecular weight excluding hydrogens is 302 g/mol. The summed E-state index contributed by atoms with van der Waals surface area (Å²) in [6.07, 6.45) is 11.4. The second kappa shape index (κ2) is 6.63. The van der Waals surface area contributed by atoms with Gasteiger partial charge in [0.25, 0.3) is 0 Å². The van der Waals surface area contributed by atoms with E-state index in [2.05, 4.69) is 15.4 Å². The van der Waals surface area contributed by atoms with Crippen LogP contribution in [-0.2, 0) is 6.54 Å². The van der Waals surface area contributed by atoms with Gasteiger partial charge in [0.15, 0.2) is 0 Å². The molecule has 24 heavy (non-hydrogen) atoms. The van der Waals surface area contributed by atoms with E-state index in [4.69, 9.17) is 0 Å². The van der Waals surface area contributed by atoms with Gasteiger partial charge in [0.05, 0.1) is 24.1 Å². The van der Waals surface area contributed by atoms with Crippen LogP contribution in [0.2, 0.25) is 0 Å². The number of hydrogen-bond donors (Lipinski definition) is 1. The molecule has 2 atom stereocenters. The molecule has 0 radical (unpaired) electrons. The maximum atomic E-state index is 12.6. The summed E-state index contributed by atoms with van der Waals surface area (Å²) in [5, 5.41) is 7.33. The monoisotopic (exact) mass is 325 g/mol. The maximum Gasteiger partial charge on any atom is 0.322 e. The largest absolute Gasteiger partial charge is 0.322 e. The number of rotatable bonds is 3. The number of aromatic nitrogens is 3. The summed E-state index contributed by atoms with van der Waals surface area (Å²) >= 11 is 0. The standard InChI is InChI=1S/C18H23N5O/c24-18(23-10-4-6-14-5-3-8-17(14)23)21-16-11-20-22(13-16)12-15-7-1-2-9-19-15/h1-2,7,9,11,13-14,17H,3-6,8,10,12H2,(H,21,24)/t14-,17+/m0/s1. The predicted octanol–water partition coefficient (Wildman–Crippen LogP) is 3.12. The highest BCUT2D eigenvalue weighted by Gasteiger charge is 2.37. The van der Waals surface area contributed by atoms with Crippen LogP contribution in [0.5, 0.6) is 0 Å². The van der Waals surface area contributed by atoms with Gasteiger partial charge in [-0.25, -0.2) is 4.79 Å². The highest BCUT2D eigenvalue weighted by Crippen LogP contribution is 2.36. The minimum Gasteiger partial charge on any atom is -0.321 e. The summed E-state index contributed by atoms with van der Waals surface area (Å²) in [6.45, 7) is 1.47. The molecule has 6 nitrogen and oxygen atoms in total. The molecule has 2 amide bonds. The van der Waals surface area contributed by atoms with E-state index in [9.17, 15) is 4.79 Å². The van der Waals surface area contributed by atoms with Crippen molar-refractivity contribution in [3.63, 3.8) is 0 Å². The van der Waals surface area contributed by atoms with Crippen molar-refractivity contribution in [3.05, 3.63) is 42.5 Å². The lowest BCUT2D eigenvalue weighted by Crippen LogP contribution is -2.48. The van der Waals surface area contributed by atoms with Crippen molar-refractivity contribution in [3.8, 4) is 0 Å². The first kappa shape index (κ1) is 15.2. The third-order valence-corrected chi connectivity index (χ3v) is 5.19. The average molecular weight is 325 g/mol.